The summed E-state index contributed by atoms with van der Waals surface area (Å²) in [5.74, 6) is 0.953. The molecule has 2 heterocycles. The van der Waals surface area contributed by atoms with Crippen molar-refractivity contribution in [3.8, 4) is 0 Å². The number of hydrogen-bond donors (Lipinski definition) is 2. The van der Waals surface area contributed by atoms with Crippen LogP contribution in [0.5, 0.6) is 0 Å². The summed E-state index contributed by atoms with van der Waals surface area (Å²) in [5, 5.41) is 5.43. The molecule has 0 aromatic carbocycles. The Morgan fingerprint density at radius 1 is 1.55 bits per heavy atom. The predicted octanol–water partition coefficient (Wildman–Crippen LogP) is 1.53. The van der Waals surface area contributed by atoms with E-state index in [4.69, 9.17) is 11.6 Å². The van der Waals surface area contributed by atoms with Crippen LogP contribution < -0.4 is 10.7 Å². The Balaban J connectivity index is 2.39. The fourth-order valence-corrected chi connectivity index (χ4v) is 1.81. The van der Waals surface area contributed by atoms with E-state index in [1.165, 1.54) is 0 Å². The van der Waals surface area contributed by atoms with Gasteiger partial charge in [0.05, 0.1) is 4.48 Å². The zero-order chi connectivity index (χ0) is 7.84. The second-order valence-electron chi connectivity index (χ2n) is 2.13. The molecule has 0 unspecified atom stereocenters. The standard InChI is InChI=1S/C6H5BrClN3/c7-4-3-5(8)10-11-2-1-9-6(4)11/h1-3,9-10H. The molecule has 2 aliphatic rings. The second kappa shape index (κ2) is 2.46. The van der Waals surface area contributed by atoms with Crippen molar-refractivity contribution in [1.82, 2.24) is 15.8 Å². The van der Waals surface area contributed by atoms with Crippen molar-refractivity contribution in [3.63, 3.8) is 0 Å². The highest BCUT2D eigenvalue weighted by atomic mass is 79.9. The second-order valence-corrected chi connectivity index (χ2v) is 3.39. The molecule has 0 aromatic heterocycles. The van der Waals surface area contributed by atoms with E-state index in [0.717, 1.165) is 10.3 Å². The molecule has 0 atom stereocenters. The van der Waals surface area contributed by atoms with Gasteiger partial charge in [-0.2, -0.15) is 0 Å². The summed E-state index contributed by atoms with van der Waals surface area (Å²) < 4.78 is 0.936. The largest absolute Gasteiger partial charge is 0.344 e. The van der Waals surface area contributed by atoms with Gasteiger partial charge in [-0.1, -0.05) is 11.6 Å². The summed E-state index contributed by atoms with van der Waals surface area (Å²) in [7, 11) is 0. The van der Waals surface area contributed by atoms with Gasteiger partial charge in [0.25, 0.3) is 0 Å². The predicted molar refractivity (Wildman–Crippen MR) is 47.1 cm³/mol. The lowest BCUT2D eigenvalue weighted by Crippen LogP contribution is -2.34. The molecule has 0 spiro atoms. The zero-order valence-corrected chi connectivity index (χ0v) is 7.78. The molecule has 2 aliphatic heterocycles. The van der Waals surface area contributed by atoms with Crippen LogP contribution in [0.4, 0.5) is 0 Å². The summed E-state index contributed by atoms with van der Waals surface area (Å²) >= 11 is 9.13. The number of allylic oxidation sites excluding steroid dienone is 2. The molecule has 3 nitrogen and oxygen atoms in total. The zero-order valence-electron chi connectivity index (χ0n) is 5.44. The third-order valence-corrected chi connectivity index (χ3v) is 2.19. The molecule has 0 saturated carbocycles. The average Bonchev–Trinajstić information content (AvgIpc) is 2.34. The molecule has 2 N–H and O–H groups in total. The molecule has 0 aliphatic carbocycles. The normalized spacial score (nSPS) is 20.9. The molecule has 58 valence electrons. The first-order valence-corrected chi connectivity index (χ1v) is 4.20. The van der Waals surface area contributed by atoms with E-state index < -0.39 is 0 Å². The Kier molecular flexibility index (Phi) is 1.58. The van der Waals surface area contributed by atoms with E-state index >= 15 is 0 Å². The first-order chi connectivity index (χ1) is 5.27. The first kappa shape index (κ1) is 7.06. The maximum atomic E-state index is 5.76. The van der Waals surface area contributed by atoms with E-state index in [1.807, 2.05) is 12.4 Å². The average molecular weight is 234 g/mol. The molecule has 0 amide bonds. The van der Waals surface area contributed by atoms with Crippen molar-refractivity contribution in [1.29, 1.82) is 0 Å². The Bertz CT molecular complexity index is 282. The molecule has 5 heteroatoms. The summed E-state index contributed by atoms with van der Waals surface area (Å²) in [6, 6.07) is 0. The van der Waals surface area contributed by atoms with E-state index in [2.05, 4.69) is 26.7 Å². The van der Waals surface area contributed by atoms with Gasteiger partial charge in [0.1, 0.15) is 11.0 Å². The van der Waals surface area contributed by atoms with Gasteiger partial charge in [0.2, 0.25) is 0 Å². The number of hydrazine groups is 1. The Labute approximate surface area is 77.5 Å². The Morgan fingerprint density at radius 2 is 2.36 bits per heavy atom. The quantitative estimate of drug-likeness (QED) is 0.623. The van der Waals surface area contributed by atoms with E-state index in [1.54, 1.807) is 11.1 Å². The lowest BCUT2D eigenvalue weighted by Gasteiger charge is -2.23. The minimum Gasteiger partial charge on any atom is -0.344 e. The van der Waals surface area contributed by atoms with Gasteiger partial charge in [-0.15, -0.1) is 0 Å². The lowest BCUT2D eigenvalue weighted by atomic mass is 10.5. The molecule has 0 saturated heterocycles. The minimum absolute atomic E-state index is 0.592. The fraction of sp³-hybridized carbons (Fsp3) is 0. The molecule has 0 aromatic rings. The summed E-state index contributed by atoms with van der Waals surface area (Å²) in [6.07, 6.45) is 5.48. The highest BCUT2D eigenvalue weighted by Crippen LogP contribution is 2.24. The number of hydrogen-bond acceptors (Lipinski definition) is 3. The maximum absolute atomic E-state index is 5.76. The number of nitrogens with zero attached hydrogens (tertiary/aromatic N) is 1. The topological polar surface area (TPSA) is 27.3 Å². The van der Waals surface area contributed by atoms with Gasteiger partial charge in [0, 0.05) is 12.4 Å². The number of halogens is 2. The van der Waals surface area contributed by atoms with Gasteiger partial charge in [0.15, 0.2) is 0 Å². The van der Waals surface area contributed by atoms with Crippen molar-refractivity contribution in [2.24, 2.45) is 0 Å². The van der Waals surface area contributed by atoms with Crippen molar-refractivity contribution < 1.29 is 0 Å². The molecule has 2 rings (SSSR count). The number of rotatable bonds is 0. The van der Waals surface area contributed by atoms with E-state index in [9.17, 15) is 0 Å². The summed E-state index contributed by atoms with van der Waals surface area (Å²) in [4.78, 5) is 0. The van der Waals surface area contributed by atoms with Crippen molar-refractivity contribution in [2.45, 2.75) is 0 Å². The lowest BCUT2D eigenvalue weighted by molar-refractivity contribution is 0.386. The van der Waals surface area contributed by atoms with E-state index in [-0.39, 0.29) is 0 Å². The Hall–Kier alpha value is -0.610. The number of fused-ring (bicyclic) bond motifs is 1. The van der Waals surface area contributed by atoms with Crippen molar-refractivity contribution in [3.05, 3.63) is 33.9 Å². The van der Waals surface area contributed by atoms with Crippen LogP contribution in [0.1, 0.15) is 0 Å². The summed E-state index contributed by atoms with van der Waals surface area (Å²) in [5.41, 5.74) is 2.93. The molecular weight excluding hydrogens is 229 g/mol. The van der Waals surface area contributed by atoms with Gasteiger partial charge in [-0.25, -0.2) is 5.01 Å². The molecule has 0 fully saturated rings. The van der Waals surface area contributed by atoms with Crippen LogP contribution in [0, 0.1) is 0 Å². The van der Waals surface area contributed by atoms with Crippen LogP contribution in [-0.4, -0.2) is 5.01 Å². The molecule has 0 bridgehead atoms. The van der Waals surface area contributed by atoms with Gasteiger partial charge in [-0.05, 0) is 22.0 Å². The van der Waals surface area contributed by atoms with Crippen LogP contribution in [0.25, 0.3) is 0 Å². The van der Waals surface area contributed by atoms with Crippen LogP contribution in [-0.2, 0) is 0 Å². The summed E-state index contributed by atoms with van der Waals surface area (Å²) in [6.45, 7) is 0. The van der Waals surface area contributed by atoms with Crippen LogP contribution in [0.15, 0.2) is 33.9 Å². The van der Waals surface area contributed by atoms with Gasteiger partial charge < -0.3 is 5.32 Å². The van der Waals surface area contributed by atoms with Gasteiger partial charge >= 0.3 is 0 Å². The first-order valence-electron chi connectivity index (χ1n) is 3.03. The molecular formula is C6H5BrClN3. The smallest absolute Gasteiger partial charge is 0.143 e. The van der Waals surface area contributed by atoms with Crippen LogP contribution in [0.3, 0.4) is 0 Å². The van der Waals surface area contributed by atoms with Crippen LogP contribution >= 0.6 is 27.5 Å². The molecule has 0 radical (unpaired) electrons. The third kappa shape index (κ3) is 1.12. The number of nitrogens with one attached hydrogen (secondary N) is 2. The van der Waals surface area contributed by atoms with Crippen molar-refractivity contribution in [2.75, 3.05) is 0 Å². The Morgan fingerprint density at radius 3 is 3.18 bits per heavy atom. The fourth-order valence-electron chi connectivity index (χ4n) is 0.939. The monoisotopic (exact) mass is 233 g/mol. The van der Waals surface area contributed by atoms with Crippen LogP contribution in [0.2, 0.25) is 0 Å². The highest BCUT2D eigenvalue weighted by molar-refractivity contribution is 9.11. The SMILES string of the molecule is ClC1=CC(Br)=C2NC=CN2N1. The van der Waals surface area contributed by atoms with E-state index in [0.29, 0.717) is 5.16 Å². The highest BCUT2D eigenvalue weighted by Gasteiger charge is 2.18. The molecule has 11 heavy (non-hydrogen) atoms. The minimum atomic E-state index is 0.592. The van der Waals surface area contributed by atoms with Gasteiger partial charge in [-0.3, -0.25) is 5.43 Å². The maximum Gasteiger partial charge on any atom is 0.143 e. The third-order valence-electron chi connectivity index (χ3n) is 1.39. The van der Waals surface area contributed by atoms with Crippen molar-refractivity contribution >= 4 is 27.5 Å².